The number of H-pyrrole nitrogens is 1. The highest BCUT2D eigenvalue weighted by Crippen LogP contribution is 2.17. The monoisotopic (exact) mass is 296 g/mol. The third-order valence-corrected chi connectivity index (χ3v) is 4.20. The molecule has 0 spiro atoms. The van der Waals surface area contributed by atoms with Gasteiger partial charge in [0.15, 0.2) is 0 Å². The molecule has 0 amide bonds. The molecule has 3 rings (SSSR count). The van der Waals surface area contributed by atoms with Gasteiger partial charge in [-0.05, 0) is 29.7 Å². The Bertz CT molecular complexity index is 783. The van der Waals surface area contributed by atoms with Crippen molar-refractivity contribution in [3.8, 4) is 0 Å². The molecule has 0 bridgehead atoms. The van der Waals surface area contributed by atoms with Crippen molar-refractivity contribution in [3.63, 3.8) is 0 Å². The number of benzene rings is 2. The van der Waals surface area contributed by atoms with Crippen LogP contribution in [0.25, 0.3) is 10.8 Å². The van der Waals surface area contributed by atoms with Gasteiger partial charge in [-0.2, -0.15) is 0 Å². The molecular weight excluding hydrogens is 280 g/mol. The first-order chi connectivity index (χ1) is 10.3. The van der Waals surface area contributed by atoms with Gasteiger partial charge in [0.05, 0.1) is 0 Å². The highest BCUT2D eigenvalue weighted by atomic mass is 32.2. The van der Waals surface area contributed by atoms with Crippen molar-refractivity contribution in [1.29, 1.82) is 0 Å². The SMILES string of the molecule is O=c1[nH]c(NCCSc2ccccc2)cc2ccccc12. The lowest BCUT2D eigenvalue weighted by Gasteiger charge is -2.07. The summed E-state index contributed by atoms with van der Waals surface area (Å²) >= 11 is 1.79. The Morgan fingerprint density at radius 3 is 2.62 bits per heavy atom. The van der Waals surface area contributed by atoms with Crippen LogP contribution in [0.3, 0.4) is 0 Å². The largest absolute Gasteiger partial charge is 0.371 e. The van der Waals surface area contributed by atoms with Crippen LogP contribution < -0.4 is 10.9 Å². The quantitative estimate of drug-likeness (QED) is 0.557. The van der Waals surface area contributed by atoms with E-state index in [1.807, 2.05) is 48.5 Å². The van der Waals surface area contributed by atoms with E-state index in [4.69, 9.17) is 0 Å². The summed E-state index contributed by atoms with van der Waals surface area (Å²) in [6, 6.07) is 19.9. The van der Waals surface area contributed by atoms with Crippen molar-refractivity contribution in [1.82, 2.24) is 4.98 Å². The van der Waals surface area contributed by atoms with Gasteiger partial charge >= 0.3 is 0 Å². The summed E-state index contributed by atoms with van der Waals surface area (Å²) in [6.07, 6.45) is 0. The second kappa shape index (κ2) is 6.50. The fourth-order valence-electron chi connectivity index (χ4n) is 2.18. The molecule has 0 saturated carbocycles. The molecule has 2 N–H and O–H groups in total. The van der Waals surface area contributed by atoms with Gasteiger partial charge in [0, 0.05) is 22.6 Å². The van der Waals surface area contributed by atoms with Crippen LogP contribution in [0.15, 0.2) is 70.4 Å². The number of nitrogens with one attached hydrogen (secondary N) is 2. The molecule has 4 heteroatoms. The smallest absolute Gasteiger partial charge is 0.257 e. The second-order valence-electron chi connectivity index (χ2n) is 4.69. The Morgan fingerprint density at radius 2 is 1.76 bits per heavy atom. The first kappa shape index (κ1) is 13.8. The summed E-state index contributed by atoms with van der Waals surface area (Å²) in [5.41, 5.74) is -0.0497. The zero-order chi connectivity index (χ0) is 14.5. The van der Waals surface area contributed by atoms with E-state index in [2.05, 4.69) is 22.4 Å². The predicted octanol–water partition coefficient (Wildman–Crippen LogP) is 3.73. The van der Waals surface area contributed by atoms with Gasteiger partial charge in [0.25, 0.3) is 5.56 Å². The third kappa shape index (κ3) is 3.47. The molecule has 0 aliphatic rings. The topological polar surface area (TPSA) is 44.9 Å². The highest BCUT2D eigenvalue weighted by molar-refractivity contribution is 7.99. The van der Waals surface area contributed by atoms with Crippen LogP contribution in [0.1, 0.15) is 0 Å². The molecule has 0 atom stereocenters. The van der Waals surface area contributed by atoms with E-state index in [1.54, 1.807) is 11.8 Å². The van der Waals surface area contributed by atoms with Gasteiger partial charge in [0.1, 0.15) is 5.82 Å². The normalized spacial score (nSPS) is 10.7. The minimum atomic E-state index is -0.0497. The zero-order valence-corrected chi connectivity index (χ0v) is 12.3. The molecular formula is C17H16N2OS. The molecule has 21 heavy (non-hydrogen) atoms. The predicted molar refractivity (Wildman–Crippen MR) is 90.2 cm³/mol. The summed E-state index contributed by atoms with van der Waals surface area (Å²) in [5.74, 6) is 1.71. The second-order valence-corrected chi connectivity index (χ2v) is 5.86. The Hall–Kier alpha value is -2.20. The van der Waals surface area contributed by atoms with Crippen molar-refractivity contribution in [2.75, 3.05) is 17.6 Å². The lowest BCUT2D eigenvalue weighted by molar-refractivity contribution is 1.16. The maximum Gasteiger partial charge on any atom is 0.257 e. The van der Waals surface area contributed by atoms with E-state index in [0.717, 1.165) is 28.9 Å². The van der Waals surface area contributed by atoms with Gasteiger partial charge in [-0.3, -0.25) is 4.79 Å². The van der Waals surface area contributed by atoms with E-state index >= 15 is 0 Å². The number of fused-ring (bicyclic) bond motifs is 1. The lowest BCUT2D eigenvalue weighted by atomic mass is 10.2. The van der Waals surface area contributed by atoms with Crippen molar-refractivity contribution in [2.24, 2.45) is 0 Å². The maximum atomic E-state index is 12.0. The number of aromatic amines is 1. The number of hydrogen-bond donors (Lipinski definition) is 2. The molecule has 106 valence electrons. The van der Waals surface area contributed by atoms with Gasteiger partial charge in [-0.1, -0.05) is 36.4 Å². The molecule has 0 unspecified atom stereocenters. The van der Waals surface area contributed by atoms with Crippen LogP contribution in [0.5, 0.6) is 0 Å². The zero-order valence-electron chi connectivity index (χ0n) is 11.5. The molecule has 0 radical (unpaired) electrons. The fraction of sp³-hybridized carbons (Fsp3) is 0.118. The summed E-state index contributed by atoms with van der Waals surface area (Å²) in [4.78, 5) is 16.1. The fourth-order valence-corrected chi connectivity index (χ4v) is 2.97. The first-order valence-electron chi connectivity index (χ1n) is 6.87. The number of hydrogen-bond acceptors (Lipinski definition) is 3. The van der Waals surface area contributed by atoms with Crippen LogP contribution in [-0.2, 0) is 0 Å². The maximum absolute atomic E-state index is 12.0. The molecule has 1 aromatic heterocycles. The Morgan fingerprint density at radius 1 is 1.00 bits per heavy atom. The van der Waals surface area contributed by atoms with Crippen LogP contribution in [-0.4, -0.2) is 17.3 Å². The standard InChI is InChI=1S/C17H16N2OS/c20-17-15-9-5-4-6-13(15)12-16(19-17)18-10-11-21-14-7-2-1-3-8-14/h1-9,12H,10-11H2,(H2,18,19,20). The molecule has 3 aromatic rings. The van der Waals surface area contributed by atoms with Crippen LogP contribution in [0, 0.1) is 0 Å². The molecule has 1 heterocycles. The van der Waals surface area contributed by atoms with Gasteiger partial charge in [-0.15, -0.1) is 11.8 Å². The third-order valence-electron chi connectivity index (χ3n) is 3.18. The van der Waals surface area contributed by atoms with E-state index in [0.29, 0.717) is 0 Å². The molecule has 0 aliphatic carbocycles. The van der Waals surface area contributed by atoms with Crippen molar-refractivity contribution in [3.05, 3.63) is 71.0 Å². The molecule has 2 aromatic carbocycles. The van der Waals surface area contributed by atoms with Crippen molar-refractivity contribution in [2.45, 2.75) is 4.90 Å². The summed E-state index contributed by atoms with van der Waals surface area (Å²) < 4.78 is 0. The lowest BCUT2D eigenvalue weighted by Crippen LogP contribution is -2.12. The van der Waals surface area contributed by atoms with Crippen LogP contribution >= 0.6 is 11.8 Å². The molecule has 0 fully saturated rings. The minimum Gasteiger partial charge on any atom is -0.371 e. The van der Waals surface area contributed by atoms with Crippen LogP contribution in [0.4, 0.5) is 5.82 Å². The first-order valence-corrected chi connectivity index (χ1v) is 7.85. The Balaban J connectivity index is 1.62. The highest BCUT2D eigenvalue weighted by Gasteiger charge is 2.00. The van der Waals surface area contributed by atoms with E-state index in [-0.39, 0.29) is 5.56 Å². The van der Waals surface area contributed by atoms with E-state index in [9.17, 15) is 4.79 Å². The summed E-state index contributed by atoms with van der Waals surface area (Å²) in [5, 5.41) is 4.95. The van der Waals surface area contributed by atoms with Crippen LogP contribution in [0.2, 0.25) is 0 Å². The Labute approximate surface area is 127 Å². The average Bonchev–Trinajstić information content (AvgIpc) is 2.53. The average molecular weight is 296 g/mol. The molecule has 3 nitrogen and oxygen atoms in total. The number of pyridine rings is 1. The van der Waals surface area contributed by atoms with Crippen molar-refractivity contribution >= 4 is 28.4 Å². The van der Waals surface area contributed by atoms with E-state index in [1.165, 1.54) is 4.90 Å². The number of rotatable bonds is 5. The van der Waals surface area contributed by atoms with Gasteiger partial charge in [-0.25, -0.2) is 0 Å². The minimum absolute atomic E-state index is 0.0497. The molecule has 0 aliphatic heterocycles. The van der Waals surface area contributed by atoms with Gasteiger partial charge in [0.2, 0.25) is 0 Å². The summed E-state index contributed by atoms with van der Waals surface area (Å²) in [6.45, 7) is 0.799. The number of aromatic nitrogens is 1. The molecule has 0 saturated heterocycles. The van der Waals surface area contributed by atoms with Gasteiger partial charge < -0.3 is 10.3 Å². The number of anilines is 1. The Kier molecular flexibility index (Phi) is 4.26. The summed E-state index contributed by atoms with van der Waals surface area (Å²) in [7, 11) is 0. The number of thioether (sulfide) groups is 1. The van der Waals surface area contributed by atoms with E-state index < -0.39 is 0 Å². The van der Waals surface area contributed by atoms with Crippen molar-refractivity contribution < 1.29 is 0 Å².